The van der Waals surface area contributed by atoms with Gasteiger partial charge < -0.3 is 16.0 Å². The van der Waals surface area contributed by atoms with Crippen LogP contribution in [0.3, 0.4) is 0 Å². The third-order valence-electron chi connectivity index (χ3n) is 5.94. The molecule has 0 bridgehead atoms. The predicted octanol–water partition coefficient (Wildman–Crippen LogP) is 4.12. The van der Waals surface area contributed by atoms with E-state index in [9.17, 15) is 13.6 Å². The molecule has 0 radical (unpaired) electrons. The molecule has 1 aromatic carbocycles. The minimum atomic E-state index is -0.675. The van der Waals surface area contributed by atoms with Crippen LogP contribution in [0.2, 0.25) is 0 Å². The summed E-state index contributed by atoms with van der Waals surface area (Å²) in [6, 6.07) is 7.46. The molecule has 39 heavy (non-hydrogen) atoms. The van der Waals surface area contributed by atoms with Crippen LogP contribution in [0.15, 0.2) is 59.9 Å². The Balaban J connectivity index is 1.62. The SMILES string of the molecule is C[C@@H](Nc1ncnc(N)c1C(=N)c1cnc(N(C)C)s1)c1nc2ccc(F)cn2c(=O)c1-c1cccc(F)c1. The first-order valence-corrected chi connectivity index (χ1v) is 12.5. The summed E-state index contributed by atoms with van der Waals surface area (Å²) < 4.78 is 29.3. The van der Waals surface area contributed by atoms with Gasteiger partial charge in [0, 0.05) is 26.5 Å². The van der Waals surface area contributed by atoms with Gasteiger partial charge in [-0.15, -0.1) is 0 Å². The summed E-state index contributed by atoms with van der Waals surface area (Å²) in [5.74, 6) is -0.831. The maximum absolute atomic E-state index is 14.2. The minimum absolute atomic E-state index is 0.0702. The zero-order valence-corrected chi connectivity index (χ0v) is 21.9. The zero-order valence-electron chi connectivity index (χ0n) is 21.1. The molecule has 0 unspecified atom stereocenters. The summed E-state index contributed by atoms with van der Waals surface area (Å²) in [6.45, 7) is 1.74. The third-order valence-corrected chi connectivity index (χ3v) is 7.12. The second kappa shape index (κ2) is 10.2. The van der Waals surface area contributed by atoms with Gasteiger partial charge >= 0.3 is 0 Å². The van der Waals surface area contributed by atoms with Crippen molar-refractivity contribution in [2.24, 2.45) is 0 Å². The number of halogens is 2. The molecule has 0 fully saturated rings. The lowest BCUT2D eigenvalue weighted by Gasteiger charge is -2.20. The van der Waals surface area contributed by atoms with Crippen molar-refractivity contribution in [3.8, 4) is 11.1 Å². The first-order chi connectivity index (χ1) is 18.6. The van der Waals surface area contributed by atoms with Crippen LogP contribution in [0.5, 0.6) is 0 Å². The molecule has 0 amide bonds. The van der Waals surface area contributed by atoms with Gasteiger partial charge in [-0.1, -0.05) is 23.5 Å². The van der Waals surface area contributed by atoms with Crippen LogP contribution in [0.25, 0.3) is 16.8 Å². The maximum atomic E-state index is 14.2. The molecule has 13 heteroatoms. The van der Waals surface area contributed by atoms with Crippen molar-refractivity contribution in [3.63, 3.8) is 0 Å². The van der Waals surface area contributed by atoms with Gasteiger partial charge in [-0.25, -0.2) is 28.7 Å². The number of fused-ring (bicyclic) bond motifs is 1. The number of pyridine rings is 1. The Hall–Kier alpha value is -4.78. The fraction of sp³-hybridized carbons (Fsp3) is 0.154. The quantitative estimate of drug-likeness (QED) is 0.259. The number of benzene rings is 1. The van der Waals surface area contributed by atoms with E-state index >= 15 is 0 Å². The molecule has 0 saturated carbocycles. The average Bonchev–Trinajstić information content (AvgIpc) is 3.40. The van der Waals surface area contributed by atoms with Crippen molar-refractivity contribution >= 4 is 39.5 Å². The summed E-state index contributed by atoms with van der Waals surface area (Å²) in [5.41, 5.74) is 6.81. The Kier molecular flexibility index (Phi) is 6.74. The molecule has 0 spiro atoms. The first-order valence-electron chi connectivity index (χ1n) is 11.7. The Bertz CT molecular complexity index is 1780. The van der Waals surface area contributed by atoms with E-state index in [1.54, 1.807) is 19.2 Å². The maximum Gasteiger partial charge on any atom is 0.266 e. The molecule has 0 aliphatic carbocycles. The number of nitrogens with one attached hydrogen (secondary N) is 2. The molecule has 1 atom stereocenters. The van der Waals surface area contributed by atoms with E-state index in [-0.39, 0.29) is 45.4 Å². The molecule has 4 heterocycles. The smallest absolute Gasteiger partial charge is 0.266 e. The number of anilines is 3. The molecule has 5 rings (SSSR count). The Morgan fingerprint density at radius 1 is 1.15 bits per heavy atom. The van der Waals surface area contributed by atoms with Crippen LogP contribution in [0.1, 0.15) is 29.1 Å². The van der Waals surface area contributed by atoms with Crippen LogP contribution in [0.4, 0.5) is 25.5 Å². The topological polar surface area (TPSA) is 138 Å². The third kappa shape index (κ3) is 4.91. The fourth-order valence-corrected chi connectivity index (χ4v) is 4.89. The highest BCUT2D eigenvalue weighted by Gasteiger charge is 2.24. The Morgan fingerprint density at radius 3 is 2.67 bits per heavy atom. The summed E-state index contributed by atoms with van der Waals surface area (Å²) in [7, 11) is 3.70. The number of aromatic nitrogens is 5. The lowest BCUT2D eigenvalue weighted by molar-refractivity contribution is 0.617. The van der Waals surface area contributed by atoms with Crippen LogP contribution < -0.4 is 21.5 Å². The van der Waals surface area contributed by atoms with Crippen LogP contribution >= 0.6 is 11.3 Å². The lowest BCUT2D eigenvalue weighted by atomic mass is 10.0. The number of rotatable bonds is 7. The molecule has 0 aliphatic heterocycles. The summed E-state index contributed by atoms with van der Waals surface area (Å²) in [6.07, 6.45) is 3.88. The number of nitrogens with zero attached hydrogens (tertiary/aromatic N) is 6. The Morgan fingerprint density at radius 2 is 1.95 bits per heavy atom. The number of thiazole rings is 1. The van der Waals surface area contributed by atoms with Gasteiger partial charge in [0.05, 0.1) is 33.5 Å². The number of nitrogens with two attached hydrogens (primary N) is 1. The average molecular weight is 548 g/mol. The van der Waals surface area contributed by atoms with E-state index in [4.69, 9.17) is 11.1 Å². The van der Waals surface area contributed by atoms with E-state index in [1.807, 2.05) is 19.0 Å². The van der Waals surface area contributed by atoms with Gasteiger partial charge in [-0.05, 0) is 36.8 Å². The second-order valence-electron chi connectivity index (χ2n) is 8.89. The van der Waals surface area contributed by atoms with Crippen LogP contribution in [-0.2, 0) is 0 Å². The molecular weight excluding hydrogens is 524 g/mol. The summed E-state index contributed by atoms with van der Waals surface area (Å²) in [5, 5.41) is 12.7. The molecule has 4 N–H and O–H groups in total. The van der Waals surface area contributed by atoms with Gasteiger partial charge in [-0.2, -0.15) is 0 Å². The lowest BCUT2D eigenvalue weighted by Crippen LogP contribution is -2.24. The highest BCUT2D eigenvalue weighted by Crippen LogP contribution is 2.31. The van der Waals surface area contributed by atoms with Gasteiger partial charge in [0.25, 0.3) is 5.56 Å². The summed E-state index contributed by atoms with van der Waals surface area (Å²) in [4.78, 5) is 33.3. The van der Waals surface area contributed by atoms with Gasteiger partial charge in [-0.3, -0.25) is 14.6 Å². The summed E-state index contributed by atoms with van der Waals surface area (Å²) >= 11 is 1.31. The van der Waals surface area contributed by atoms with Gasteiger partial charge in [0.2, 0.25) is 0 Å². The van der Waals surface area contributed by atoms with E-state index < -0.39 is 23.2 Å². The highest BCUT2D eigenvalue weighted by molar-refractivity contribution is 7.17. The van der Waals surface area contributed by atoms with Crippen LogP contribution in [0, 0.1) is 17.0 Å². The minimum Gasteiger partial charge on any atom is -0.383 e. The molecular formula is C26H23F2N9OS. The second-order valence-corrected chi connectivity index (χ2v) is 9.90. The van der Waals surface area contributed by atoms with Crippen molar-refractivity contribution < 1.29 is 8.78 Å². The molecule has 5 aromatic rings. The number of hydrogen-bond acceptors (Lipinski definition) is 10. The van der Waals surface area contributed by atoms with Crippen molar-refractivity contribution in [2.45, 2.75) is 13.0 Å². The Labute approximate surface area is 225 Å². The van der Waals surface area contributed by atoms with Gasteiger partial charge in [0.15, 0.2) is 5.13 Å². The predicted molar refractivity (Wildman–Crippen MR) is 148 cm³/mol. The molecule has 10 nitrogen and oxygen atoms in total. The zero-order chi connectivity index (χ0) is 27.8. The first kappa shape index (κ1) is 25.9. The fourth-order valence-electron chi connectivity index (χ4n) is 4.10. The molecule has 4 aromatic heterocycles. The number of nitrogen functional groups attached to an aromatic ring is 1. The van der Waals surface area contributed by atoms with E-state index in [1.165, 1.54) is 48.0 Å². The van der Waals surface area contributed by atoms with E-state index in [2.05, 4.69) is 25.3 Å². The van der Waals surface area contributed by atoms with E-state index in [0.29, 0.717) is 10.0 Å². The molecule has 198 valence electrons. The number of hydrogen-bond donors (Lipinski definition) is 3. The molecule has 0 aliphatic rings. The van der Waals surface area contributed by atoms with E-state index in [0.717, 1.165) is 10.6 Å². The largest absolute Gasteiger partial charge is 0.383 e. The standard InChI is InChI=1S/C26H23F2N9OS/c1-13(34-24-20(23(30)32-12-33-24)21(29)17-10-31-26(39-17)36(2)3)22-19(14-5-4-6-15(27)9-14)25(38)37-11-16(28)7-8-18(37)35-22/h4-13,29H,1-3H3,(H3,30,32,33,34)/t13-/m1/s1. The van der Waals surface area contributed by atoms with Crippen molar-refractivity contribution in [3.05, 3.63) is 93.2 Å². The van der Waals surface area contributed by atoms with Crippen molar-refractivity contribution in [2.75, 3.05) is 30.0 Å². The monoisotopic (exact) mass is 547 g/mol. The van der Waals surface area contributed by atoms with Crippen molar-refractivity contribution in [1.82, 2.24) is 24.3 Å². The van der Waals surface area contributed by atoms with Crippen LogP contribution in [-0.4, -0.2) is 44.1 Å². The normalized spacial score (nSPS) is 11.9. The van der Waals surface area contributed by atoms with Gasteiger partial charge in [0.1, 0.15) is 35.2 Å². The van der Waals surface area contributed by atoms with Crippen molar-refractivity contribution in [1.29, 1.82) is 5.41 Å². The highest BCUT2D eigenvalue weighted by atomic mass is 32.1. The molecule has 0 saturated heterocycles.